The molecule has 3 N–H and O–H groups in total. The first-order valence-electron chi connectivity index (χ1n) is 7.78. The normalized spacial score (nSPS) is 16.9. The summed E-state index contributed by atoms with van der Waals surface area (Å²) in [6.07, 6.45) is 5.73. The second kappa shape index (κ2) is 6.71. The van der Waals surface area contributed by atoms with E-state index in [-0.39, 0.29) is 11.9 Å². The van der Waals surface area contributed by atoms with E-state index in [1.54, 1.807) is 6.20 Å². The van der Waals surface area contributed by atoms with Crippen LogP contribution in [0.3, 0.4) is 0 Å². The SMILES string of the molecule is NC1CCc2ncc(NC(=O)CCc3ccccc3)cc2C1. The molecule has 1 amide bonds. The molecule has 0 spiro atoms. The van der Waals surface area contributed by atoms with E-state index in [0.717, 1.165) is 37.1 Å². The van der Waals surface area contributed by atoms with Crippen molar-refractivity contribution in [3.8, 4) is 0 Å². The predicted octanol–water partition coefficient (Wildman–Crippen LogP) is 2.47. The number of hydrogen-bond donors (Lipinski definition) is 2. The van der Waals surface area contributed by atoms with Gasteiger partial charge in [-0.15, -0.1) is 0 Å². The molecule has 0 saturated carbocycles. The van der Waals surface area contributed by atoms with Crippen LogP contribution in [0, 0.1) is 0 Å². The first kappa shape index (κ1) is 14.7. The summed E-state index contributed by atoms with van der Waals surface area (Å²) in [6, 6.07) is 12.3. The third-order valence-electron chi connectivity index (χ3n) is 4.06. The number of fused-ring (bicyclic) bond motifs is 1. The largest absolute Gasteiger partial charge is 0.327 e. The average Bonchev–Trinajstić information content (AvgIpc) is 2.53. The highest BCUT2D eigenvalue weighted by Crippen LogP contribution is 2.21. The van der Waals surface area contributed by atoms with Gasteiger partial charge in [0.2, 0.25) is 5.91 Å². The molecule has 0 aliphatic heterocycles. The average molecular weight is 295 g/mol. The highest BCUT2D eigenvalue weighted by Gasteiger charge is 2.17. The van der Waals surface area contributed by atoms with Crippen molar-refractivity contribution in [2.24, 2.45) is 5.73 Å². The van der Waals surface area contributed by atoms with E-state index in [2.05, 4.69) is 10.3 Å². The predicted molar refractivity (Wildman–Crippen MR) is 87.6 cm³/mol. The second-order valence-electron chi connectivity index (χ2n) is 5.87. The van der Waals surface area contributed by atoms with Crippen molar-refractivity contribution >= 4 is 11.6 Å². The Kier molecular flexibility index (Phi) is 4.49. The van der Waals surface area contributed by atoms with Crippen molar-refractivity contribution in [2.75, 3.05) is 5.32 Å². The first-order valence-corrected chi connectivity index (χ1v) is 7.78. The number of amides is 1. The van der Waals surface area contributed by atoms with Gasteiger partial charge in [0.15, 0.2) is 0 Å². The molecule has 1 atom stereocenters. The zero-order valence-electron chi connectivity index (χ0n) is 12.6. The summed E-state index contributed by atoms with van der Waals surface area (Å²) < 4.78 is 0. The van der Waals surface area contributed by atoms with E-state index in [1.807, 2.05) is 36.4 Å². The fourth-order valence-corrected chi connectivity index (χ4v) is 2.84. The van der Waals surface area contributed by atoms with Gasteiger partial charge in [0.05, 0.1) is 11.9 Å². The molecule has 0 saturated heterocycles. The van der Waals surface area contributed by atoms with Crippen LogP contribution < -0.4 is 11.1 Å². The van der Waals surface area contributed by atoms with Crippen molar-refractivity contribution in [3.63, 3.8) is 0 Å². The van der Waals surface area contributed by atoms with Gasteiger partial charge in [-0.3, -0.25) is 9.78 Å². The van der Waals surface area contributed by atoms with Crippen molar-refractivity contribution in [1.29, 1.82) is 0 Å². The smallest absolute Gasteiger partial charge is 0.224 e. The molecule has 1 aromatic carbocycles. The molecule has 1 aliphatic carbocycles. The number of aryl methyl sites for hydroxylation is 2. The molecule has 22 heavy (non-hydrogen) atoms. The lowest BCUT2D eigenvalue weighted by atomic mass is 9.92. The third-order valence-corrected chi connectivity index (χ3v) is 4.06. The van der Waals surface area contributed by atoms with Gasteiger partial charge in [-0.2, -0.15) is 0 Å². The minimum Gasteiger partial charge on any atom is -0.327 e. The van der Waals surface area contributed by atoms with E-state index in [9.17, 15) is 4.79 Å². The van der Waals surface area contributed by atoms with E-state index in [1.165, 1.54) is 11.1 Å². The van der Waals surface area contributed by atoms with Crippen LogP contribution in [0.1, 0.15) is 29.7 Å². The van der Waals surface area contributed by atoms with Gasteiger partial charge >= 0.3 is 0 Å². The number of carbonyl (C=O) groups excluding carboxylic acids is 1. The van der Waals surface area contributed by atoms with Crippen molar-refractivity contribution in [3.05, 3.63) is 59.4 Å². The molecule has 114 valence electrons. The molecule has 0 radical (unpaired) electrons. The highest BCUT2D eigenvalue weighted by molar-refractivity contribution is 5.90. The molecule has 4 heteroatoms. The molecule has 1 aromatic heterocycles. The fourth-order valence-electron chi connectivity index (χ4n) is 2.84. The Balaban J connectivity index is 1.58. The van der Waals surface area contributed by atoms with Crippen LogP contribution in [0.25, 0.3) is 0 Å². The molecule has 4 nitrogen and oxygen atoms in total. The summed E-state index contributed by atoms with van der Waals surface area (Å²) in [4.78, 5) is 16.5. The van der Waals surface area contributed by atoms with Crippen LogP contribution in [0.4, 0.5) is 5.69 Å². The number of anilines is 1. The summed E-state index contributed by atoms with van der Waals surface area (Å²) in [6.45, 7) is 0. The lowest BCUT2D eigenvalue weighted by molar-refractivity contribution is -0.116. The topological polar surface area (TPSA) is 68.0 Å². The molecule has 3 rings (SSSR count). The highest BCUT2D eigenvalue weighted by atomic mass is 16.1. The minimum absolute atomic E-state index is 0.0192. The maximum Gasteiger partial charge on any atom is 0.224 e. The Hall–Kier alpha value is -2.20. The van der Waals surface area contributed by atoms with Gasteiger partial charge < -0.3 is 11.1 Å². The monoisotopic (exact) mass is 295 g/mol. The van der Waals surface area contributed by atoms with E-state index in [4.69, 9.17) is 5.73 Å². The minimum atomic E-state index is 0.0192. The number of nitrogens with one attached hydrogen (secondary N) is 1. The molecule has 0 fully saturated rings. The number of benzene rings is 1. The van der Waals surface area contributed by atoms with Gasteiger partial charge in [-0.25, -0.2) is 0 Å². The maximum absolute atomic E-state index is 12.1. The van der Waals surface area contributed by atoms with Crippen LogP contribution in [-0.4, -0.2) is 16.9 Å². The van der Waals surface area contributed by atoms with Gasteiger partial charge in [-0.1, -0.05) is 30.3 Å². The number of carbonyl (C=O) groups is 1. The van der Waals surface area contributed by atoms with Crippen LogP contribution in [0.15, 0.2) is 42.6 Å². The molecular formula is C18H21N3O. The quantitative estimate of drug-likeness (QED) is 0.910. The van der Waals surface area contributed by atoms with Crippen LogP contribution in [0.5, 0.6) is 0 Å². The van der Waals surface area contributed by atoms with E-state index in [0.29, 0.717) is 6.42 Å². The van der Waals surface area contributed by atoms with Crippen LogP contribution >= 0.6 is 0 Å². The van der Waals surface area contributed by atoms with Gasteiger partial charge in [0.1, 0.15) is 0 Å². The zero-order valence-corrected chi connectivity index (χ0v) is 12.6. The number of nitrogens with zero attached hydrogens (tertiary/aromatic N) is 1. The first-order chi connectivity index (χ1) is 10.7. The van der Waals surface area contributed by atoms with Gasteiger partial charge in [0.25, 0.3) is 0 Å². The number of rotatable bonds is 4. The number of aromatic nitrogens is 1. The molecule has 2 aromatic rings. The van der Waals surface area contributed by atoms with Crippen molar-refractivity contribution in [2.45, 2.75) is 38.1 Å². The molecule has 1 heterocycles. The molecular weight excluding hydrogens is 274 g/mol. The van der Waals surface area contributed by atoms with Crippen LogP contribution in [-0.2, 0) is 24.1 Å². The van der Waals surface area contributed by atoms with Crippen molar-refractivity contribution in [1.82, 2.24) is 4.98 Å². The number of nitrogens with two attached hydrogens (primary N) is 1. The Morgan fingerprint density at radius 1 is 1.32 bits per heavy atom. The van der Waals surface area contributed by atoms with E-state index >= 15 is 0 Å². The van der Waals surface area contributed by atoms with Crippen LogP contribution in [0.2, 0.25) is 0 Å². The Morgan fingerprint density at radius 3 is 2.95 bits per heavy atom. The summed E-state index contributed by atoms with van der Waals surface area (Å²) in [5.41, 5.74) is 10.2. The van der Waals surface area contributed by atoms with Crippen molar-refractivity contribution < 1.29 is 4.79 Å². The zero-order chi connectivity index (χ0) is 15.4. The Bertz CT molecular complexity index is 655. The number of pyridine rings is 1. The maximum atomic E-state index is 12.1. The molecule has 0 bridgehead atoms. The lowest BCUT2D eigenvalue weighted by Crippen LogP contribution is -2.28. The summed E-state index contributed by atoms with van der Waals surface area (Å²) in [7, 11) is 0. The van der Waals surface area contributed by atoms with Gasteiger partial charge in [0, 0.05) is 18.2 Å². The Morgan fingerprint density at radius 2 is 2.14 bits per heavy atom. The Labute approximate surface area is 130 Å². The summed E-state index contributed by atoms with van der Waals surface area (Å²) in [5, 5.41) is 2.93. The second-order valence-corrected chi connectivity index (χ2v) is 5.87. The fraction of sp³-hybridized carbons (Fsp3) is 0.333. The molecule has 1 unspecified atom stereocenters. The lowest BCUT2D eigenvalue weighted by Gasteiger charge is -2.21. The molecule has 1 aliphatic rings. The standard InChI is InChI=1S/C18H21N3O/c19-15-7-8-17-14(10-15)11-16(12-20-17)21-18(22)9-6-13-4-2-1-3-5-13/h1-5,11-12,15H,6-10,19H2,(H,21,22). The number of hydrogen-bond acceptors (Lipinski definition) is 3. The van der Waals surface area contributed by atoms with Gasteiger partial charge in [-0.05, 0) is 42.9 Å². The third kappa shape index (κ3) is 3.71. The summed E-state index contributed by atoms with van der Waals surface area (Å²) in [5.74, 6) is 0.0192. The van der Waals surface area contributed by atoms with E-state index < -0.39 is 0 Å². The summed E-state index contributed by atoms with van der Waals surface area (Å²) >= 11 is 0.